The smallest absolute Gasteiger partial charge is 0.316 e. The first-order chi connectivity index (χ1) is 14.8. The third-order valence-corrected chi connectivity index (χ3v) is 7.12. The number of rotatable bonds is 7. The Morgan fingerprint density at radius 1 is 1.06 bits per heavy atom. The zero-order chi connectivity index (χ0) is 22.4. The predicted octanol–water partition coefficient (Wildman–Crippen LogP) is 1.90. The fraction of sp³-hybridized carbons (Fsp3) is 0.333. The van der Waals surface area contributed by atoms with Gasteiger partial charge in [-0.25, -0.2) is 13.2 Å². The Hall–Kier alpha value is -3.11. The predicted molar refractivity (Wildman–Crippen MR) is 116 cm³/mol. The molecule has 0 aromatic heterocycles. The van der Waals surface area contributed by atoms with Gasteiger partial charge in [-0.2, -0.15) is 4.31 Å². The van der Waals surface area contributed by atoms with Crippen LogP contribution in [0.3, 0.4) is 0 Å². The van der Waals surface area contributed by atoms with Gasteiger partial charge in [-0.15, -0.1) is 0 Å². The molecule has 0 radical (unpaired) electrons. The second kappa shape index (κ2) is 9.80. The van der Waals surface area contributed by atoms with Crippen molar-refractivity contribution in [1.82, 2.24) is 9.62 Å². The number of anilines is 1. The van der Waals surface area contributed by atoms with Gasteiger partial charge in [0.15, 0.2) is 0 Å². The van der Waals surface area contributed by atoms with E-state index >= 15 is 0 Å². The summed E-state index contributed by atoms with van der Waals surface area (Å²) >= 11 is 0. The van der Waals surface area contributed by atoms with Crippen molar-refractivity contribution in [3.8, 4) is 5.75 Å². The summed E-state index contributed by atoms with van der Waals surface area (Å²) < 4.78 is 32.1. The Balaban J connectivity index is 1.50. The van der Waals surface area contributed by atoms with Crippen LogP contribution in [-0.2, 0) is 21.4 Å². The van der Waals surface area contributed by atoms with E-state index in [1.807, 2.05) is 0 Å². The average molecular weight is 447 g/mol. The zero-order valence-corrected chi connectivity index (χ0v) is 18.0. The summed E-state index contributed by atoms with van der Waals surface area (Å²) in [5.74, 6) is 0.257. The molecule has 4 N–H and O–H groups in total. The van der Waals surface area contributed by atoms with Crippen LogP contribution in [0.25, 0.3) is 0 Å². The Morgan fingerprint density at radius 3 is 2.23 bits per heavy atom. The highest BCUT2D eigenvalue weighted by Gasteiger charge is 2.32. The molecule has 1 fully saturated rings. The van der Waals surface area contributed by atoms with Gasteiger partial charge < -0.3 is 21.1 Å². The minimum atomic E-state index is -3.60. The Morgan fingerprint density at radius 2 is 1.68 bits per heavy atom. The van der Waals surface area contributed by atoms with Gasteiger partial charge in [0, 0.05) is 31.2 Å². The summed E-state index contributed by atoms with van der Waals surface area (Å²) in [5, 5.41) is 5.37. The number of nitrogens with two attached hydrogens (primary N) is 1. The summed E-state index contributed by atoms with van der Waals surface area (Å²) in [6, 6.07) is 12.6. The highest BCUT2D eigenvalue weighted by Crippen LogP contribution is 2.25. The molecular formula is C21H26N4O5S. The van der Waals surface area contributed by atoms with Gasteiger partial charge in [0.1, 0.15) is 5.75 Å². The number of nitrogens with zero attached hydrogens (tertiary/aromatic N) is 1. The lowest BCUT2D eigenvalue weighted by molar-refractivity contribution is -0.126. The Labute approximate surface area is 181 Å². The van der Waals surface area contributed by atoms with Crippen molar-refractivity contribution in [2.45, 2.75) is 24.3 Å². The van der Waals surface area contributed by atoms with Crippen LogP contribution in [0.5, 0.6) is 5.75 Å². The van der Waals surface area contributed by atoms with Gasteiger partial charge in [0.05, 0.1) is 12.0 Å². The molecule has 1 aliphatic heterocycles. The summed E-state index contributed by atoms with van der Waals surface area (Å²) in [6.45, 7) is 0.930. The van der Waals surface area contributed by atoms with E-state index in [4.69, 9.17) is 10.5 Å². The van der Waals surface area contributed by atoms with Gasteiger partial charge in [-0.05, 0) is 54.8 Å². The van der Waals surface area contributed by atoms with Crippen molar-refractivity contribution < 1.29 is 22.7 Å². The van der Waals surface area contributed by atoms with Crippen molar-refractivity contribution in [3.05, 3.63) is 54.1 Å². The number of nitrogens with one attached hydrogen (secondary N) is 2. The molecule has 31 heavy (non-hydrogen) atoms. The van der Waals surface area contributed by atoms with Gasteiger partial charge in [-0.1, -0.05) is 12.1 Å². The number of benzene rings is 2. The monoisotopic (exact) mass is 446 g/mol. The molecule has 9 nitrogen and oxygen atoms in total. The first kappa shape index (κ1) is 22.6. The molecular weight excluding hydrogens is 420 g/mol. The maximum Gasteiger partial charge on any atom is 0.316 e. The molecule has 3 rings (SSSR count). The molecule has 1 heterocycles. The molecule has 0 spiro atoms. The number of carbonyl (C=O) groups is 2. The first-order valence-electron chi connectivity index (χ1n) is 9.87. The minimum absolute atomic E-state index is 0.0965. The first-order valence-corrected chi connectivity index (χ1v) is 11.3. The fourth-order valence-electron chi connectivity index (χ4n) is 3.44. The number of piperidine rings is 1. The minimum Gasteiger partial charge on any atom is -0.497 e. The standard InChI is InChI=1S/C21H26N4O5S/c1-30-18-6-8-19(9-7-18)31(28,29)25-12-10-16(11-13-25)20(26)23-14-15-2-4-17(5-3-15)24-21(22)27/h2-9,16H,10-14H2,1H3,(H,23,26)(H3,22,24,27). The number of methoxy groups -OCH3 is 1. The van der Waals surface area contributed by atoms with Crippen LogP contribution < -0.4 is 21.1 Å². The SMILES string of the molecule is COc1ccc(S(=O)(=O)N2CCC(C(=O)NCc3ccc(NC(N)=O)cc3)CC2)cc1. The van der Waals surface area contributed by atoms with E-state index in [0.717, 1.165) is 5.56 Å². The lowest BCUT2D eigenvalue weighted by atomic mass is 9.97. The molecule has 0 atom stereocenters. The maximum absolute atomic E-state index is 12.8. The van der Waals surface area contributed by atoms with E-state index in [1.54, 1.807) is 36.4 Å². The summed E-state index contributed by atoms with van der Waals surface area (Å²) in [7, 11) is -2.07. The van der Waals surface area contributed by atoms with E-state index < -0.39 is 16.1 Å². The number of ether oxygens (including phenoxy) is 1. The van der Waals surface area contributed by atoms with Gasteiger partial charge in [-0.3, -0.25) is 4.79 Å². The molecule has 10 heteroatoms. The van der Waals surface area contributed by atoms with E-state index in [1.165, 1.54) is 23.5 Å². The van der Waals surface area contributed by atoms with Gasteiger partial charge in [0.25, 0.3) is 0 Å². The van der Waals surface area contributed by atoms with Crippen molar-refractivity contribution in [1.29, 1.82) is 0 Å². The van der Waals surface area contributed by atoms with Crippen molar-refractivity contribution in [2.24, 2.45) is 11.7 Å². The molecule has 0 saturated carbocycles. The molecule has 0 unspecified atom stereocenters. The lowest BCUT2D eigenvalue weighted by Gasteiger charge is -2.30. The highest BCUT2D eigenvalue weighted by molar-refractivity contribution is 7.89. The fourth-order valence-corrected chi connectivity index (χ4v) is 4.91. The van der Waals surface area contributed by atoms with Crippen molar-refractivity contribution in [2.75, 3.05) is 25.5 Å². The lowest BCUT2D eigenvalue weighted by Crippen LogP contribution is -2.42. The third kappa shape index (κ3) is 5.74. The van der Waals surface area contributed by atoms with Crippen LogP contribution in [0.2, 0.25) is 0 Å². The van der Waals surface area contributed by atoms with Crippen LogP contribution in [0.4, 0.5) is 10.5 Å². The molecule has 0 aliphatic carbocycles. The third-order valence-electron chi connectivity index (χ3n) is 5.21. The van der Waals surface area contributed by atoms with E-state index in [9.17, 15) is 18.0 Å². The molecule has 2 aromatic rings. The normalized spacial score (nSPS) is 15.3. The van der Waals surface area contributed by atoms with Crippen LogP contribution >= 0.6 is 0 Å². The summed E-state index contributed by atoms with van der Waals surface area (Å²) in [5.41, 5.74) is 6.53. The van der Waals surface area contributed by atoms with E-state index in [0.29, 0.717) is 43.9 Å². The van der Waals surface area contributed by atoms with Crippen molar-refractivity contribution in [3.63, 3.8) is 0 Å². The molecule has 166 valence electrons. The summed E-state index contributed by atoms with van der Waals surface area (Å²) in [4.78, 5) is 23.6. The average Bonchev–Trinajstić information content (AvgIpc) is 2.78. The van der Waals surface area contributed by atoms with Crippen LogP contribution in [-0.4, -0.2) is 44.9 Å². The van der Waals surface area contributed by atoms with Crippen LogP contribution in [0.15, 0.2) is 53.4 Å². The topological polar surface area (TPSA) is 131 Å². The van der Waals surface area contributed by atoms with Gasteiger partial charge in [0.2, 0.25) is 15.9 Å². The summed E-state index contributed by atoms with van der Waals surface area (Å²) in [6.07, 6.45) is 0.922. The number of sulfonamides is 1. The number of hydrogen-bond donors (Lipinski definition) is 3. The second-order valence-corrected chi connectivity index (χ2v) is 9.20. The quantitative estimate of drug-likeness (QED) is 0.598. The Bertz CT molecular complexity index is 1010. The molecule has 3 amide bonds. The van der Waals surface area contributed by atoms with Crippen molar-refractivity contribution >= 4 is 27.6 Å². The van der Waals surface area contributed by atoms with Gasteiger partial charge >= 0.3 is 6.03 Å². The number of carbonyl (C=O) groups excluding carboxylic acids is 2. The number of hydrogen-bond acceptors (Lipinski definition) is 5. The molecule has 1 aliphatic rings. The van der Waals surface area contributed by atoms with E-state index in [2.05, 4.69) is 10.6 Å². The number of urea groups is 1. The highest BCUT2D eigenvalue weighted by atomic mass is 32.2. The molecule has 1 saturated heterocycles. The van der Waals surface area contributed by atoms with Crippen LogP contribution in [0.1, 0.15) is 18.4 Å². The number of primary amides is 1. The number of amides is 3. The molecule has 0 bridgehead atoms. The van der Waals surface area contributed by atoms with E-state index in [-0.39, 0.29) is 16.7 Å². The maximum atomic E-state index is 12.8. The molecule has 2 aromatic carbocycles. The largest absolute Gasteiger partial charge is 0.497 e. The zero-order valence-electron chi connectivity index (χ0n) is 17.2. The van der Waals surface area contributed by atoms with Crippen LogP contribution in [0, 0.1) is 5.92 Å². The Kier molecular flexibility index (Phi) is 7.13. The second-order valence-electron chi connectivity index (χ2n) is 7.26.